The molecule has 1 aromatic carbocycles. The fourth-order valence-corrected chi connectivity index (χ4v) is 1.98. The minimum absolute atomic E-state index is 0.384. The van der Waals surface area contributed by atoms with Crippen molar-refractivity contribution in [3.63, 3.8) is 0 Å². The maximum Gasteiger partial charge on any atom is 0.0332 e. The van der Waals surface area contributed by atoms with Gasteiger partial charge in [-0.05, 0) is 63.0 Å². The van der Waals surface area contributed by atoms with Crippen molar-refractivity contribution in [3.8, 4) is 0 Å². The normalized spacial score (nSPS) is 12.9. The minimum Gasteiger partial charge on any atom is -0.330 e. The van der Waals surface area contributed by atoms with Crippen molar-refractivity contribution in [3.05, 3.63) is 34.4 Å². The molecule has 84 valence electrons. The lowest BCUT2D eigenvalue weighted by molar-refractivity contribution is 0.553. The average Bonchev–Trinajstić information content (AvgIpc) is 2.20. The van der Waals surface area contributed by atoms with Crippen LogP contribution in [0.5, 0.6) is 0 Å². The van der Waals surface area contributed by atoms with E-state index in [2.05, 4.69) is 38.2 Å². The van der Waals surface area contributed by atoms with Crippen LogP contribution in [0.25, 0.3) is 0 Å². The summed E-state index contributed by atoms with van der Waals surface area (Å²) in [6, 6.07) is 4.92. The van der Waals surface area contributed by atoms with Crippen molar-refractivity contribution in [2.24, 2.45) is 5.73 Å². The number of nitrogens with two attached hydrogens (primary N) is 1. The van der Waals surface area contributed by atoms with Crippen LogP contribution in [0, 0.1) is 20.8 Å². The molecule has 1 aromatic rings. The Morgan fingerprint density at radius 3 is 2.27 bits per heavy atom. The maximum absolute atomic E-state index is 5.62. The smallest absolute Gasteiger partial charge is 0.0332 e. The molecule has 0 amide bonds. The third-order valence-electron chi connectivity index (χ3n) is 3.06. The summed E-state index contributed by atoms with van der Waals surface area (Å²) in [6.45, 7) is 7.21. The first-order valence-electron chi connectivity index (χ1n) is 5.55. The third-order valence-corrected chi connectivity index (χ3v) is 3.06. The monoisotopic (exact) mass is 206 g/mol. The molecule has 0 heterocycles. The van der Waals surface area contributed by atoms with Crippen molar-refractivity contribution in [2.45, 2.75) is 33.2 Å². The van der Waals surface area contributed by atoms with Crippen LogP contribution in [0.1, 0.15) is 34.7 Å². The van der Waals surface area contributed by atoms with E-state index in [-0.39, 0.29) is 0 Å². The summed E-state index contributed by atoms with van der Waals surface area (Å²) in [6.07, 6.45) is 0.986. The van der Waals surface area contributed by atoms with E-state index in [9.17, 15) is 0 Å². The molecule has 0 aliphatic rings. The van der Waals surface area contributed by atoms with Gasteiger partial charge in [-0.25, -0.2) is 0 Å². The Kier molecular flexibility index (Phi) is 4.30. The second kappa shape index (κ2) is 5.29. The SMILES string of the molecule is CNC(CCN)c1cc(C)c(C)cc1C. The van der Waals surface area contributed by atoms with Crippen molar-refractivity contribution >= 4 is 0 Å². The van der Waals surface area contributed by atoms with E-state index < -0.39 is 0 Å². The first kappa shape index (κ1) is 12.2. The standard InChI is InChI=1S/C13H22N2/c1-9-7-11(3)12(8-10(9)2)13(15-4)5-6-14/h7-8,13,15H,5-6,14H2,1-4H3. The Hall–Kier alpha value is -0.860. The van der Waals surface area contributed by atoms with Crippen molar-refractivity contribution in [2.75, 3.05) is 13.6 Å². The van der Waals surface area contributed by atoms with E-state index in [4.69, 9.17) is 5.73 Å². The quantitative estimate of drug-likeness (QED) is 0.792. The highest BCUT2D eigenvalue weighted by atomic mass is 14.9. The highest BCUT2D eigenvalue weighted by Crippen LogP contribution is 2.23. The van der Waals surface area contributed by atoms with Gasteiger partial charge in [-0.3, -0.25) is 0 Å². The third kappa shape index (κ3) is 2.80. The lowest BCUT2D eigenvalue weighted by Gasteiger charge is -2.19. The maximum atomic E-state index is 5.62. The predicted octanol–water partition coefficient (Wildman–Crippen LogP) is 2.22. The molecule has 0 fully saturated rings. The molecule has 0 saturated heterocycles. The highest BCUT2D eigenvalue weighted by Gasteiger charge is 2.11. The number of aryl methyl sites for hydroxylation is 3. The van der Waals surface area contributed by atoms with Gasteiger partial charge in [-0.2, -0.15) is 0 Å². The van der Waals surface area contributed by atoms with Gasteiger partial charge in [0.05, 0.1) is 0 Å². The van der Waals surface area contributed by atoms with Gasteiger partial charge in [-0.1, -0.05) is 12.1 Å². The van der Waals surface area contributed by atoms with Crippen molar-refractivity contribution in [1.82, 2.24) is 5.32 Å². The lowest BCUT2D eigenvalue weighted by Crippen LogP contribution is -2.21. The molecule has 15 heavy (non-hydrogen) atoms. The summed E-state index contributed by atoms with van der Waals surface area (Å²) >= 11 is 0. The largest absolute Gasteiger partial charge is 0.330 e. The summed E-state index contributed by atoms with van der Waals surface area (Å²) in [7, 11) is 1.99. The minimum atomic E-state index is 0.384. The molecule has 1 rings (SSSR count). The van der Waals surface area contributed by atoms with Crippen molar-refractivity contribution in [1.29, 1.82) is 0 Å². The molecule has 0 bridgehead atoms. The first-order chi connectivity index (χ1) is 7.10. The molecule has 1 unspecified atom stereocenters. The van der Waals surface area contributed by atoms with Gasteiger partial charge in [0, 0.05) is 6.04 Å². The van der Waals surface area contributed by atoms with Crippen LogP contribution in [0.4, 0.5) is 0 Å². The summed E-state index contributed by atoms with van der Waals surface area (Å²) in [5.74, 6) is 0. The van der Waals surface area contributed by atoms with Crippen LogP contribution in [0.3, 0.4) is 0 Å². The summed E-state index contributed by atoms with van der Waals surface area (Å²) in [4.78, 5) is 0. The predicted molar refractivity (Wildman–Crippen MR) is 66.1 cm³/mol. The average molecular weight is 206 g/mol. The van der Waals surface area contributed by atoms with E-state index in [1.165, 1.54) is 22.3 Å². The van der Waals surface area contributed by atoms with Gasteiger partial charge >= 0.3 is 0 Å². The summed E-state index contributed by atoms with van der Waals surface area (Å²) in [5.41, 5.74) is 11.1. The topological polar surface area (TPSA) is 38.0 Å². The van der Waals surface area contributed by atoms with E-state index >= 15 is 0 Å². The van der Waals surface area contributed by atoms with Crippen LogP contribution in [-0.4, -0.2) is 13.6 Å². The van der Waals surface area contributed by atoms with Gasteiger partial charge < -0.3 is 11.1 Å². The molecule has 2 heteroatoms. The molecule has 0 aromatic heterocycles. The van der Waals surface area contributed by atoms with Gasteiger partial charge in [-0.15, -0.1) is 0 Å². The van der Waals surface area contributed by atoms with Gasteiger partial charge in [0.2, 0.25) is 0 Å². The molecule has 3 N–H and O–H groups in total. The Morgan fingerprint density at radius 2 is 1.73 bits per heavy atom. The number of hydrogen-bond acceptors (Lipinski definition) is 2. The van der Waals surface area contributed by atoms with Crippen molar-refractivity contribution < 1.29 is 0 Å². The van der Waals surface area contributed by atoms with Gasteiger partial charge in [0.1, 0.15) is 0 Å². The molecular formula is C13H22N2. The summed E-state index contributed by atoms with van der Waals surface area (Å²) in [5, 5.41) is 3.33. The molecule has 1 atom stereocenters. The highest BCUT2D eigenvalue weighted by molar-refractivity contribution is 5.38. The molecule has 0 saturated carbocycles. The molecule has 2 nitrogen and oxygen atoms in total. The number of hydrogen-bond donors (Lipinski definition) is 2. The van der Waals surface area contributed by atoms with E-state index in [0.717, 1.165) is 13.0 Å². The Balaban J connectivity index is 3.06. The van der Waals surface area contributed by atoms with Crippen LogP contribution in [0.2, 0.25) is 0 Å². The Labute approximate surface area is 92.9 Å². The van der Waals surface area contributed by atoms with E-state index in [1.807, 2.05) is 7.05 Å². The van der Waals surface area contributed by atoms with E-state index in [1.54, 1.807) is 0 Å². The van der Waals surface area contributed by atoms with E-state index in [0.29, 0.717) is 6.04 Å². The van der Waals surface area contributed by atoms with Gasteiger partial charge in [0.25, 0.3) is 0 Å². The molecule has 0 aliphatic carbocycles. The molecular weight excluding hydrogens is 184 g/mol. The Bertz CT molecular complexity index is 332. The Morgan fingerprint density at radius 1 is 1.13 bits per heavy atom. The second-order valence-corrected chi connectivity index (χ2v) is 4.21. The molecule has 0 spiro atoms. The van der Waals surface area contributed by atoms with Crippen LogP contribution < -0.4 is 11.1 Å². The second-order valence-electron chi connectivity index (χ2n) is 4.21. The fraction of sp³-hybridized carbons (Fsp3) is 0.538. The van der Waals surface area contributed by atoms with Crippen LogP contribution in [-0.2, 0) is 0 Å². The lowest BCUT2D eigenvalue weighted by atomic mass is 9.94. The number of nitrogens with one attached hydrogen (secondary N) is 1. The zero-order chi connectivity index (χ0) is 11.4. The first-order valence-corrected chi connectivity index (χ1v) is 5.55. The number of rotatable bonds is 4. The van der Waals surface area contributed by atoms with Crippen LogP contribution >= 0.6 is 0 Å². The van der Waals surface area contributed by atoms with Crippen LogP contribution in [0.15, 0.2) is 12.1 Å². The number of benzene rings is 1. The zero-order valence-corrected chi connectivity index (χ0v) is 10.2. The summed E-state index contributed by atoms with van der Waals surface area (Å²) < 4.78 is 0. The molecule has 0 aliphatic heterocycles. The van der Waals surface area contributed by atoms with Gasteiger partial charge in [0.15, 0.2) is 0 Å². The zero-order valence-electron chi connectivity index (χ0n) is 10.2. The fourth-order valence-electron chi connectivity index (χ4n) is 1.98. The molecule has 0 radical (unpaired) electrons.